The lowest BCUT2D eigenvalue weighted by Crippen LogP contribution is -2.52. The molecule has 112 valence electrons. The highest BCUT2D eigenvalue weighted by molar-refractivity contribution is 4.92. The Morgan fingerprint density at radius 3 is 2.26 bits per heavy atom. The first-order chi connectivity index (χ1) is 8.85. The molecule has 0 aromatic rings. The Bertz CT molecular complexity index is 295. The normalized spacial score (nSPS) is 32.4. The van der Waals surface area contributed by atoms with Gasteiger partial charge in [-0.2, -0.15) is 0 Å². The van der Waals surface area contributed by atoms with E-state index in [9.17, 15) is 4.39 Å². The summed E-state index contributed by atoms with van der Waals surface area (Å²) in [6.07, 6.45) is 2.64. The zero-order chi connectivity index (χ0) is 14.1. The lowest BCUT2D eigenvalue weighted by molar-refractivity contribution is -0.0109. The predicted octanol–water partition coefficient (Wildman–Crippen LogP) is 3.18. The van der Waals surface area contributed by atoms with Gasteiger partial charge in [0, 0.05) is 26.2 Å². The summed E-state index contributed by atoms with van der Waals surface area (Å²) in [4.78, 5) is 4.74. The molecule has 0 spiro atoms. The molecular weight excluding hydrogens is 239 g/mol. The zero-order valence-electron chi connectivity index (χ0n) is 13.2. The second-order valence-corrected chi connectivity index (χ2v) is 7.47. The largest absolute Gasteiger partial charge is 0.303 e. The minimum absolute atomic E-state index is 0.332. The molecular formula is C16H31FN2. The minimum atomic E-state index is -0.942. The van der Waals surface area contributed by atoms with Crippen LogP contribution in [0.2, 0.25) is 0 Å². The molecule has 1 unspecified atom stereocenters. The van der Waals surface area contributed by atoms with Crippen LogP contribution in [0, 0.1) is 11.3 Å². The van der Waals surface area contributed by atoms with Gasteiger partial charge < -0.3 is 4.90 Å². The number of rotatable bonds is 3. The molecule has 0 saturated carbocycles. The van der Waals surface area contributed by atoms with E-state index in [1.54, 1.807) is 0 Å². The van der Waals surface area contributed by atoms with Crippen molar-refractivity contribution in [1.82, 2.24) is 9.80 Å². The Labute approximate surface area is 118 Å². The first kappa shape index (κ1) is 15.2. The van der Waals surface area contributed by atoms with Crippen LogP contribution in [0.4, 0.5) is 4.39 Å². The number of alkyl halides is 1. The maximum atomic E-state index is 14.9. The highest BCUT2D eigenvalue weighted by atomic mass is 19.1. The van der Waals surface area contributed by atoms with Gasteiger partial charge in [-0.3, -0.25) is 4.90 Å². The van der Waals surface area contributed by atoms with Gasteiger partial charge in [0.15, 0.2) is 0 Å². The van der Waals surface area contributed by atoms with Gasteiger partial charge in [0.05, 0.1) is 0 Å². The number of halogens is 1. The molecule has 0 aromatic carbocycles. The van der Waals surface area contributed by atoms with Crippen molar-refractivity contribution < 1.29 is 4.39 Å². The van der Waals surface area contributed by atoms with E-state index in [0.717, 1.165) is 38.6 Å². The third-order valence-corrected chi connectivity index (χ3v) is 5.55. The van der Waals surface area contributed by atoms with Gasteiger partial charge in [0.2, 0.25) is 0 Å². The van der Waals surface area contributed by atoms with E-state index in [4.69, 9.17) is 0 Å². The molecule has 0 radical (unpaired) electrons. The molecule has 2 rings (SSSR count). The lowest BCUT2D eigenvalue weighted by atomic mass is 9.74. The maximum Gasteiger partial charge on any atom is 0.126 e. The Morgan fingerprint density at radius 2 is 1.74 bits per heavy atom. The summed E-state index contributed by atoms with van der Waals surface area (Å²) < 4.78 is 14.9. The number of piperidine rings is 2. The highest BCUT2D eigenvalue weighted by Crippen LogP contribution is 2.36. The van der Waals surface area contributed by atoms with E-state index in [-0.39, 0.29) is 0 Å². The molecule has 2 aliphatic heterocycles. The standard InChI is InChI=1S/C16H31FN2/c1-5-18-10-7-16(17,8-11-18)13-19-9-6-14(2)15(3,4)12-19/h14H,5-13H2,1-4H3. The Morgan fingerprint density at radius 1 is 1.11 bits per heavy atom. The molecule has 0 amide bonds. The van der Waals surface area contributed by atoms with Gasteiger partial charge in [-0.05, 0) is 43.7 Å². The van der Waals surface area contributed by atoms with E-state index in [2.05, 4.69) is 37.5 Å². The fraction of sp³-hybridized carbons (Fsp3) is 1.00. The smallest absolute Gasteiger partial charge is 0.126 e. The minimum Gasteiger partial charge on any atom is -0.303 e. The SMILES string of the molecule is CCN1CCC(F)(CN2CCC(C)C(C)(C)C2)CC1. The number of hydrogen-bond acceptors (Lipinski definition) is 2. The van der Waals surface area contributed by atoms with Gasteiger partial charge >= 0.3 is 0 Å². The van der Waals surface area contributed by atoms with Gasteiger partial charge in [-0.25, -0.2) is 4.39 Å². The van der Waals surface area contributed by atoms with Crippen molar-refractivity contribution in [3.05, 3.63) is 0 Å². The monoisotopic (exact) mass is 270 g/mol. The van der Waals surface area contributed by atoms with Crippen molar-refractivity contribution in [2.75, 3.05) is 39.3 Å². The van der Waals surface area contributed by atoms with Crippen molar-refractivity contribution in [1.29, 1.82) is 0 Å². The van der Waals surface area contributed by atoms with Crippen molar-refractivity contribution in [3.63, 3.8) is 0 Å². The summed E-state index contributed by atoms with van der Waals surface area (Å²) >= 11 is 0. The number of likely N-dealkylation sites (tertiary alicyclic amines) is 2. The molecule has 1 atom stereocenters. The molecule has 2 fully saturated rings. The predicted molar refractivity (Wildman–Crippen MR) is 79.2 cm³/mol. The first-order valence-corrected chi connectivity index (χ1v) is 7.98. The van der Waals surface area contributed by atoms with E-state index in [1.165, 1.54) is 6.42 Å². The quantitative estimate of drug-likeness (QED) is 0.777. The molecule has 2 nitrogen and oxygen atoms in total. The average Bonchev–Trinajstić information content (AvgIpc) is 2.34. The third-order valence-electron chi connectivity index (χ3n) is 5.55. The van der Waals surface area contributed by atoms with Crippen LogP contribution in [0.15, 0.2) is 0 Å². The van der Waals surface area contributed by atoms with Crippen LogP contribution < -0.4 is 0 Å². The molecule has 2 aliphatic rings. The molecule has 2 heterocycles. The Kier molecular flexibility index (Phi) is 4.56. The highest BCUT2D eigenvalue weighted by Gasteiger charge is 2.39. The fourth-order valence-corrected chi connectivity index (χ4v) is 3.54. The van der Waals surface area contributed by atoms with E-state index < -0.39 is 5.67 Å². The lowest BCUT2D eigenvalue weighted by Gasteiger charge is -2.46. The number of hydrogen-bond donors (Lipinski definition) is 0. The zero-order valence-corrected chi connectivity index (χ0v) is 13.2. The van der Waals surface area contributed by atoms with Crippen LogP contribution in [-0.2, 0) is 0 Å². The maximum absolute atomic E-state index is 14.9. The molecule has 0 N–H and O–H groups in total. The van der Waals surface area contributed by atoms with E-state index in [0.29, 0.717) is 24.8 Å². The topological polar surface area (TPSA) is 6.48 Å². The van der Waals surface area contributed by atoms with Crippen LogP contribution in [0.5, 0.6) is 0 Å². The Balaban J connectivity index is 1.87. The molecule has 3 heteroatoms. The number of nitrogens with zero attached hydrogens (tertiary/aromatic N) is 2. The van der Waals surface area contributed by atoms with Crippen LogP contribution in [0.3, 0.4) is 0 Å². The molecule has 2 saturated heterocycles. The van der Waals surface area contributed by atoms with E-state index >= 15 is 0 Å². The van der Waals surface area contributed by atoms with Crippen molar-refractivity contribution in [2.24, 2.45) is 11.3 Å². The van der Waals surface area contributed by atoms with Crippen LogP contribution >= 0.6 is 0 Å². The summed E-state index contributed by atoms with van der Waals surface area (Å²) in [7, 11) is 0. The fourth-order valence-electron chi connectivity index (χ4n) is 3.54. The summed E-state index contributed by atoms with van der Waals surface area (Å²) in [6.45, 7) is 14.9. The summed E-state index contributed by atoms with van der Waals surface area (Å²) in [6, 6.07) is 0. The first-order valence-electron chi connectivity index (χ1n) is 7.98. The molecule has 0 aliphatic carbocycles. The van der Waals surface area contributed by atoms with Crippen molar-refractivity contribution in [2.45, 2.75) is 52.6 Å². The van der Waals surface area contributed by atoms with Gasteiger partial charge in [-0.15, -0.1) is 0 Å². The van der Waals surface area contributed by atoms with Gasteiger partial charge in [-0.1, -0.05) is 27.7 Å². The van der Waals surface area contributed by atoms with Crippen LogP contribution in [0.25, 0.3) is 0 Å². The molecule has 0 bridgehead atoms. The summed E-state index contributed by atoms with van der Waals surface area (Å²) in [5.74, 6) is 0.751. The van der Waals surface area contributed by atoms with E-state index in [1.807, 2.05) is 0 Å². The third kappa shape index (κ3) is 3.69. The van der Waals surface area contributed by atoms with Crippen molar-refractivity contribution in [3.8, 4) is 0 Å². The second-order valence-electron chi connectivity index (χ2n) is 7.47. The Hall–Kier alpha value is -0.150. The van der Waals surface area contributed by atoms with Crippen molar-refractivity contribution >= 4 is 0 Å². The van der Waals surface area contributed by atoms with Gasteiger partial charge in [0.1, 0.15) is 5.67 Å². The molecule has 0 aromatic heterocycles. The molecule has 19 heavy (non-hydrogen) atoms. The van der Waals surface area contributed by atoms with Crippen LogP contribution in [0.1, 0.15) is 47.0 Å². The summed E-state index contributed by atoms with van der Waals surface area (Å²) in [5.41, 5.74) is -0.610. The summed E-state index contributed by atoms with van der Waals surface area (Å²) in [5, 5.41) is 0. The average molecular weight is 270 g/mol. The van der Waals surface area contributed by atoms with Crippen LogP contribution in [-0.4, -0.2) is 54.7 Å². The second kappa shape index (κ2) is 5.69. The van der Waals surface area contributed by atoms with Gasteiger partial charge in [0.25, 0.3) is 0 Å².